The van der Waals surface area contributed by atoms with Gasteiger partial charge in [0.2, 0.25) is 0 Å². The summed E-state index contributed by atoms with van der Waals surface area (Å²) in [6, 6.07) is 10.1. The Hall–Kier alpha value is -0.870. The second kappa shape index (κ2) is 6.90. The second-order valence-corrected chi connectivity index (χ2v) is 6.03. The van der Waals surface area contributed by atoms with E-state index in [2.05, 4.69) is 21.2 Å². The molecule has 1 N–H and O–H groups in total. The summed E-state index contributed by atoms with van der Waals surface area (Å²) in [5, 5.41) is 5.16. The van der Waals surface area contributed by atoms with Crippen LogP contribution in [0.25, 0.3) is 10.1 Å². The number of benzene rings is 1. The van der Waals surface area contributed by atoms with E-state index in [-0.39, 0.29) is 5.91 Å². The minimum absolute atomic E-state index is 0.0510. The number of hydrogen-bond donors (Lipinski definition) is 1. The van der Waals surface area contributed by atoms with Crippen molar-refractivity contribution in [1.29, 1.82) is 0 Å². The van der Waals surface area contributed by atoms with Crippen LogP contribution in [0.15, 0.2) is 30.3 Å². The SMILES string of the molecule is O=C(NCCCCCBr)c1cc2ccccc2s1. The molecule has 2 rings (SSSR count). The summed E-state index contributed by atoms with van der Waals surface area (Å²) >= 11 is 4.96. The van der Waals surface area contributed by atoms with Crippen LogP contribution in [0.3, 0.4) is 0 Å². The molecule has 0 atom stereocenters. The van der Waals surface area contributed by atoms with Crippen LogP contribution in [0.1, 0.15) is 28.9 Å². The highest BCUT2D eigenvalue weighted by Crippen LogP contribution is 2.24. The van der Waals surface area contributed by atoms with Crippen LogP contribution in [-0.2, 0) is 0 Å². The molecular weight excluding hydrogens is 310 g/mol. The van der Waals surface area contributed by atoms with E-state index in [9.17, 15) is 4.79 Å². The Morgan fingerprint density at radius 2 is 2.06 bits per heavy atom. The van der Waals surface area contributed by atoms with Gasteiger partial charge < -0.3 is 5.32 Å². The van der Waals surface area contributed by atoms with Gasteiger partial charge in [-0.25, -0.2) is 0 Å². The number of alkyl halides is 1. The van der Waals surface area contributed by atoms with Gasteiger partial charge in [0.15, 0.2) is 0 Å². The number of amides is 1. The molecule has 96 valence electrons. The third-order valence-corrected chi connectivity index (χ3v) is 4.42. The maximum absolute atomic E-state index is 11.9. The normalized spacial score (nSPS) is 10.7. The van der Waals surface area contributed by atoms with Crippen molar-refractivity contribution in [1.82, 2.24) is 5.32 Å². The van der Waals surface area contributed by atoms with Gasteiger partial charge in [0.25, 0.3) is 5.91 Å². The van der Waals surface area contributed by atoms with Crippen LogP contribution < -0.4 is 5.32 Å². The van der Waals surface area contributed by atoms with Crippen molar-refractivity contribution in [2.75, 3.05) is 11.9 Å². The van der Waals surface area contributed by atoms with Crippen molar-refractivity contribution in [3.05, 3.63) is 35.2 Å². The molecule has 0 unspecified atom stereocenters. The van der Waals surface area contributed by atoms with Crippen molar-refractivity contribution in [3.8, 4) is 0 Å². The van der Waals surface area contributed by atoms with E-state index >= 15 is 0 Å². The lowest BCUT2D eigenvalue weighted by molar-refractivity contribution is 0.0957. The number of nitrogens with one attached hydrogen (secondary N) is 1. The molecule has 0 radical (unpaired) electrons. The number of carbonyl (C=O) groups is 1. The van der Waals surface area contributed by atoms with E-state index < -0.39 is 0 Å². The summed E-state index contributed by atoms with van der Waals surface area (Å²) in [4.78, 5) is 12.7. The number of carbonyl (C=O) groups excluding carboxylic acids is 1. The maximum atomic E-state index is 11.9. The van der Waals surface area contributed by atoms with E-state index in [4.69, 9.17) is 0 Å². The van der Waals surface area contributed by atoms with Gasteiger partial charge in [0.1, 0.15) is 0 Å². The Kier molecular flexibility index (Phi) is 5.20. The number of hydrogen-bond acceptors (Lipinski definition) is 2. The van der Waals surface area contributed by atoms with Gasteiger partial charge in [0.05, 0.1) is 4.88 Å². The van der Waals surface area contributed by atoms with E-state index in [1.807, 2.05) is 30.3 Å². The van der Waals surface area contributed by atoms with Crippen LogP contribution in [0.4, 0.5) is 0 Å². The van der Waals surface area contributed by atoms with Crippen molar-refractivity contribution in [2.45, 2.75) is 19.3 Å². The zero-order valence-electron chi connectivity index (χ0n) is 10.1. The average Bonchev–Trinajstić information content (AvgIpc) is 2.82. The zero-order chi connectivity index (χ0) is 12.8. The summed E-state index contributed by atoms with van der Waals surface area (Å²) in [6.07, 6.45) is 3.36. The van der Waals surface area contributed by atoms with Gasteiger partial charge in [-0.15, -0.1) is 11.3 Å². The number of thiophene rings is 1. The Morgan fingerprint density at radius 3 is 2.83 bits per heavy atom. The van der Waals surface area contributed by atoms with Gasteiger partial charge in [-0.3, -0.25) is 4.79 Å². The first-order chi connectivity index (χ1) is 8.81. The minimum Gasteiger partial charge on any atom is -0.351 e. The predicted octanol–water partition coefficient (Wildman–Crippen LogP) is 4.20. The first-order valence-corrected chi connectivity index (χ1v) is 8.08. The zero-order valence-corrected chi connectivity index (χ0v) is 12.5. The summed E-state index contributed by atoms with van der Waals surface area (Å²) < 4.78 is 1.17. The van der Waals surface area contributed by atoms with Crippen LogP contribution in [0.2, 0.25) is 0 Å². The fraction of sp³-hybridized carbons (Fsp3) is 0.357. The topological polar surface area (TPSA) is 29.1 Å². The lowest BCUT2D eigenvalue weighted by atomic mass is 10.2. The van der Waals surface area contributed by atoms with Gasteiger partial charge in [-0.05, 0) is 30.4 Å². The molecular formula is C14H16BrNOS. The Bertz CT molecular complexity index is 490. The molecule has 0 saturated carbocycles. The van der Waals surface area contributed by atoms with Crippen LogP contribution in [0.5, 0.6) is 0 Å². The van der Waals surface area contributed by atoms with Crippen molar-refractivity contribution in [3.63, 3.8) is 0 Å². The predicted molar refractivity (Wildman–Crippen MR) is 81.8 cm³/mol. The molecule has 0 spiro atoms. The molecule has 2 nitrogen and oxygen atoms in total. The van der Waals surface area contributed by atoms with Gasteiger partial charge in [0, 0.05) is 16.6 Å². The fourth-order valence-corrected chi connectivity index (χ4v) is 3.15. The van der Waals surface area contributed by atoms with Crippen LogP contribution in [-0.4, -0.2) is 17.8 Å². The fourth-order valence-electron chi connectivity index (χ4n) is 1.78. The monoisotopic (exact) mass is 325 g/mol. The lowest BCUT2D eigenvalue weighted by Crippen LogP contribution is -2.23. The molecule has 0 aliphatic rings. The highest BCUT2D eigenvalue weighted by molar-refractivity contribution is 9.09. The number of fused-ring (bicyclic) bond motifs is 1. The van der Waals surface area contributed by atoms with Gasteiger partial charge >= 0.3 is 0 Å². The molecule has 1 aromatic carbocycles. The highest BCUT2D eigenvalue weighted by atomic mass is 79.9. The highest BCUT2D eigenvalue weighted by Gasteiger charge is 2.08. The molecule has 18 heavy (non-hydrogen) atoms. The molecule has 2 aromatic rings. The smallest absolute Gasteiger partial charge is 0.261 e. The summed E-state index contributed by atoms with van der Waals surface area (Å²) in [5.41, 5.74) is 0. The molecule has 0 aliphatic heterocycles. The Morgan fingerprint density at radius 1 is 1.22 bits per heavy atom. The molecule has 1 amide bonds. The standard InChI is InChI=1S/C14H16BrNOS/c15-8-4-1-5-9-16-14(17)13-10-11-6-2-3-7-12(11)18-13/h2-3,6-7,10H,1,4-5,8-9H2,(H,16,17). The molecule has 4 heteroatoms. The van der Waals surface area contributed by atoms with Gasteiger partial charge in [-0.2, -0.15) is 0 Å². The van der Waals surface area contributed by atoms with E-state index in [1.165, 1.54) is 11.1 Å². The third-order valence-electron chi connectivity index (χ3n) is 2.75. The largest absolute Gasteiger partial charge is 0.351 e. The molecule has 0 fully saturated rings. The van der Waals surface area contributed by atoms with Crippen LogP contribution >= 0.6 is 27.3 Å². The molecule has 0 bridgehead atoms. The summed E-state index contributed by atoms with van der Waals surface area (Å²) in [5.74, 6) is 0.0510. The third kappa shape index (κ3) is 3.56. The van der Waals surface area contributed by atoms with Crippen molar-refractivity contribution in [2.24, 2.45) is 0 Å². The Balaban J connectivity index is 1.88. The van der Waals surface area contributed by atoms with E-state index in [0.29, 0.717) is 0 Å². The van der Waals surface area contributed by atoms with Crippen molar-refractivity contribution >= 4 is 43.3 Å². The van der Waals surface area contributed by atoms with Gasteiger partial charge in [-0.1, -0.05) is 40.5 Å². The lowest BCUT2D eigenvalue weighted by Gasteiger charge is -2.02. The first-order valence-electron chi connectivity index (χ1n) is 6.14. The summed E-state index contributed by atoms with van der Waals surface area (Å²) in [7, 11) is 0. The number of rotatable bonds is 6. The van der Waals surface area contributed by atoms with E-state index in [0.717, 1.165) is 35.0 Å². The number of unbranched alkanes of at least 4 members (excludes halogenated alkanes) is 2. The molecule has 1 heterocycles. The molecule has 1 aromatic heterocycles. The molecule has 0 saturated heterocycles. The maximum Gasteiger partial charge on any atom is 0.261 e. The average molecular weight is 326 g/mol. The first kappa shape index (κ1) is 13.6. The second-order valence-electron chi connectivity index (χ2n) is 4.15. The minimum atomic E-state index is 0.0510. The summed E-state index contributed by atoms with van der Waals surface area (Å²) in [6.45, 7) is 0.764. The quantitative estimate of drug-likeness (QED) is 0.626. The molecule has 0 aliphatic carbocycles. The van der Waals surface area contributed by atoms with Crippen molar-refractivity contribution < 1.29 is 4.79 Å². The Labute approximate surface area is 120 Å². The van der Waals surface area contributed by atoms with E-state index in [1.54, 1.807) is 11.3 Å². The number of halogens is 1. The van der Waals surface area contributed by atoms with Crippen LogP contribution in [0, 0.1) is 0 Å².